The molecule has 0 bridgehead atoms. The van der Waals surface area contributed by atoms with Crippen molar-refractivity contribution in [1.82, 2.24) is 33.6 Å². The Morgan fingerprint density at radius 1 is 1.04 bits per heavy atom. The van der Waals surface area contributed by atoms with Crippen LogP contribution in [0.2, 0.25) is 0 Å². The zero-order valence-electron chi connectivity index (χ0n) is 13.8. The van der Waals surface area contributed by atoms with E-state index in [2.05, 4.69) is 19.9 Å². The van der Waals surface area contributed by atoms with E-state index in [1.165, 1.54) is 29.6 Å². The van der Waals surface area contributed by atoms with Gasteiger partial charge in [-0.05, 0) is 0 Å². The molecule has 0 unspecified atom stereocenters. The highest BCUT2D eigenvalue weighted by Crippen LogP contribution is 2.04. The van der Waals surface area contributed by atoms with E-state index in [-0.39, 0.29) is 35.6 Å². The van der Waals surface area contributed by atoms with Crippen LogP contribution in [0, 0.1) is 0 Å². The van der Waals surface area contributed by atoms with Crippen molar-refractivity contribution < 1.29 is 9.90 Å². The number of hydrogen-bond acceptors (Lipinski definition) is 10. The topological polar surface area (TPSA) is 216 Å². The quantitative estimate of drug-likeness (QED) is 0.362. The highest BCUT2D eigenvalue weighted by atomic mass is 16.4. The van der Waals surface area contributed by atoms with Crippen molar-refractivity contribution in [2.45, 2.75) is 6.54 Å². The lowest BCUT2D eigenvalue weighted by Crippen LogP contribution is -2.37. The predicted octanol–water partition coefficient (Wildman–Crippen LogP) is -2.86. The van der Waals surface area contributed by atoms with Gasteiger partial charge in [-0.25, -0.2) is 9.78 Å². The van der Waals surface area contributed by atoms with Crippen LogP contribution in [0.1, 0.15) is 0 Å². The van der Waals surface area contributed by atoms with Crippen molar-refractivity contribution in [1.29, 1.82) is 0 Å². The minimum absolute atomic E-state index is 0.0417. The average molecular weight is 364 g/mol. The number of imidazole rings is 1. The maximum Gasteiger partial charge on any atom is 0.332 e. The minimum atomic E-state index is -1.08. The molecule has 138 valence electrons. The molecule has 3 heterocycles. The molecule has 0 amide bonds. The Morgan fingerprint density at radius 3 is 2.00 bits per heavy atom. The Morgan fingerprint density at radius 2 is 1.54 bits per heavy atom. The number of aromatic nitrogens is 7. The second-order valence-electron chi connectivity index (χ2n) is 5.05. The summed E-state index contributed by atoms with van der Waals surface area (Å²) in [4.78, 5) is 48.4. The molecular weight excluding hydrogens is 348 g/mol. The van der Waals surface area contributed by atoms with E-state index in [0.29, 0.717) is 0 Å². The number of hydrogen-bond donors (Lipinski definition) is 4. The van der Waals surface area contributed by atoms with Crippen molar-refractivity contribution in [2.24, 2.45) is 14.1 Å². The summed E-state index contributed by atoms with van der Waals surface area (Å²) in [7, 11) is 2.81. The van der Waals surface area contributed by atoms with Crippen LogP contribution >= 0.6 is 0 Å². The molecule has 14 heteroatoms. The van der Waals surface area contributed by atoms with Crippen LogP contribution in [0.5, 0.6) is 0 Å². The normalized spacial score (nSPS) is 10.4. The van der Waals surface area contributed by atoms with Gasteiger partial charge in [-0.1, -0.05) is 0 Å². The molecule has 3 rings (SSSR count). The lowest BCUT2D eigenvalue weighted by atomic mass is 10.5. The third kappa shape index (κ3) is 3.58. The maximum atomic E-state index is 11.9. The van der Waals surface area contributed by atoms with Crippen LogP contribution in [0.15, 0.2) is 15.9 Å². The molecule has 0 aliphatic heterocycles. The van der Waals surface area contributed by atoms with E-state index in [1.54, 1.807) is 0 Å². The highest BCUT2D eigenvalue weighted by molar-refractivity contribution is 5.74. The van der Waals surface area contributed by atoms with Gasteiger partial charge in [-0.2, -0.15) is 15.0 Å². The maximum absolute atomic E-state index is 11.9. The summed E-state index contributed by atoms with van der Waals surface area (Å²) in [6.45, 7) is -0.371. The Kier molecular flexibility index (Phi) is 4.86. The standard InChI is InChI=1S/C9H10N4O4.C3H6N6/c1-11-7-6(8(16)12(2)9(11)17)13(4-10-7)3-5(14)15;4-1-7-2(5)9-3(6)8-1/h4H,3H2,1-2H3,(H,14,15);(H6,4,5,6,7,8,9). The molecule has 14 nitrogen and oxygen atoms in total. The van der Waals surface area contributed by atoms with E-state index in [9.17, 15) is 14.4 Å². The fraction of sp³-hybridized carbons (Fsp3) is 0.250. The Hall–Kier alpha value is -3.97. The molecule has 0 aromatic carbocycles. The molecule has 0 saturated carbocycles. The summed E-state index contributed by atoms with van der Waals surface area (Å²) >= 11 is 0. The summed E-state index contributed by atoms with van der Waals surface area (Å²) in [6.07, 6.45) is 1.24. The monoisotopic (exact) mass is 364 g/mol. The smallest absolute Gasteiger partial charge is 0.332 e. The molecule has 0 aliphatic carbocycles. The molecule has 0 fully saturated rings. The number of carboxylic acid groups (broad SMARTS) is 1. The van der Waals surface area contributed by atoms with E-state index in [4.69, 9.17) is 22.3 Å². The van der Waals surface area contributed by atoms with Gasteiger partial charge in [0.2, 0.25) is 17.8 Å². The SMILES string of the molecule is Cn1c(=O)c2c(ncn2CC(=O)O)n(C)c1=O.Nc1nc(N)nc(N)n1. The van der Waals surface area contributed by atoms with Crippen LogP contribution in [0.25, 0.3) is 11.2 Å². The summed E-state index contributed by atoms with van der Waals surface area (Å²) in [5.41, 5.74) is 14.6. The number of rotatable bonds is 2. The third-order valence-corrected chi connectivity index (χ3v) is 3.21. The summed E-state index contributed by atoms with van der Waals surface area (Å²) in [6, 6.07) is 0. The van der Waals surface area contributed by atoms with Gasteiger partial charge < -0.3 is 26.9 Å². The fourth-order valence-electron chi connectivity index (χ4n) is 2.09. The van der Waals surface area contributed by atoms with Gasteiger partial charge in [0.25, 0.3) is 5.56 Å². The zero-order valence-corrected chi connectivity index (χ0v) is 13.8. The van der Waals surface area contributed by atoms with Gasteiger partial charge >= 0.3 is 11.7 Å². The van der Waals surface area contributed by atoms with Crippen molar-refractivity contribution >= 4 is 35.0 Å². The van der Waals surface area contributed by atoms with Gasteiger partial charge in [0, 0.05) is 14.1 Å². The highest BCUT2D eigenvalue weighted by Gasteiger charge is 2.15. The largest absolute Gasteiger partial charge is 0.480 e. The number of nitrogens with two attached hydrogens (primary N) is 3. The molecule has 26 heavy (non-hydrogen) atoms. The first-order valence-corrected chi connectivity index (χ1v) is 6.97. The van der Waals surface area contributed by atoms with Crippen LogP contribution in [-0.2, 0) is 25.4 Å². The summed E-state index contributed by atoms with van der Waals surface area (Å²) in [5.74, 6) is -0.958. The number of nitrogen functional groups attached to an aromatic ring is 3. The third-order valence-electron chi connectivity index (χ3n) is 3.21. The van der Waals surface area contributed by atoms with Crippen molar-refractivity contribution in [3.63, 3.8) is 0 Å². The lowest BCUT2D eigenvalue weighted by Gasteiger charge is -2.04. The molecule has 0 saturated heterocycles. The van der Waals surface area contributed by atoms with E-state index in [0.717, 1.165) is 4.57 Å². The minimum Gasteiger partial charge on any atom is -0.480 e. The van der Waals surface area contributed by atoms with Crippen LogP contribution in [0.3, 0.4) is 0 Å². The molecular formula is C12H16N10O4. The van der Waals surface area contributed by atoms with E-state index in [1.807, 2.05) is 0 Å². The van der Waals surface area contributed by atoms with Crippen LogP contribution < -0.4 is 28.5 Å². The zero-order chi connectivity index (χ0) is 19.6. The molecule has 3 aromatic rings. The second kappa shape index (κ2) is 6.88. The molecule has 7 N–H and O–H groups in total. The number of aryl methyl sites for hydroxylation is 1. The molecule has 0 radical (unpaired) electrons. The molecule has 0 aliphatic rings. The summed E-state index contributed by atoms with van der Waals surface area (Å²) in [5, 5.41) is 8.70. The number of anilines is 3. The molecule has 0 atom stereocenters. The average Bonchev–Trinajstić information content (AvgIpc) is 2.93. The number of nitrogens with zero attached hydrogens (tertiary/aromatic N) is 7. The van der Waals surface area contributed by atoms with E-state index < -0.39 is 17.2 Å². The molecule has 3 aromatic heterocycles. The number of carbonyl (C=O) groups is 1. The first kappa shape index (κ1) is 18.4. The predicted molar refractivity (Wildman–Crippen MR) is 90.9 cm³/mol. The van der Waals surface area contributed by atoms with Gasteiger partial charge in [0.05, 0.1) is 6.33 Å². The first-order chi connectivity index (χ1) is 12.1. The fourth-order valence-corrected chi connectivity index (χ4v) is 2.09. The Balaban J connectivity index is 0.000000228. The second-order valence-corrected chi connectivity index (χ2v) is 5.05. The number of carboxylic acids is 1. The Labute approximate surface area is 144 Å². The van der Waals surface area contributed by atoms with E-state index >= 15 is 0 Å². The van der Waals surface area contributed by atoms with Crippen molar-refractivity contribution in [3.8, 4) is 0 Å². The summed E-state index contributed by atoms with van der Waals surface area (Å²) < 4.78 is 3.33. The van der Waals surface area contributed by atoms with Gasteiger partial charge in [0.1, 0.15) is 6.54 Å². The first-order valence-electron chi connectivity index (χ1n) is 6.97. The number of aliphatic carboxylic acids is 1. The Bertz CT molecular complexity index is 1050. The van der Waals surface area contributed by atoms with Crippen LogP contribution in [-0.4, -0.2) is 44.7 Å². The van der Waals surface area contributed by atoms with Gasteiger partial charge in [-0.3, -0.25) is 18.7 Å². The van der Waals surface area contributed by atoms with Crippen molar-refractivity contribution in [3.05, 3.63) is 27.2 Å². The lowest BCUT2D eigenvalue weighted by molar-refractivity contribution is -0.137. The van der Waals surface area contributed by atoms with Gasteiger partial charge in [0.15, 0.2) is 11.2 Å². The number of fused-ring (bicyclic) bond motifs is 1. The van der Waals surface area contributed by atoms with Crippen molar-refractivity contribution in [2.75, 3.05) is 17.2 Å². The van der Waals surface area contributed by atoms with Crippen LogP contribution in [0.4, 0.5) is 17.8 Å². The van der Waals surface area contributed by atoms with Gasteiger partial charge in [-0.15, -0.1) is 0 Å². The molecule has 0 spiro atoms.